The van der Waals surface area contributed by atoms with E-state index in [0.29, 0.717) is 0 Å². The van der Waals surface area contributed by atoms with Crippen LogP contribution in [0.2, 0.25) is 0 Å². The van der Waals surface area contributed by atoms with Crippen molar-refractivity contribution in [3.05, 3.63) is 65.6 Å². The van der Waals surface area contributed by atoms with Crippen LogP contribution in [0.4, 0.5) is 0 Å². The minimum Gasteiger partial charge on any atom is -0.512 e. The maximum atomic E-state index is 10.0. The largest absolute Gasteiger partial charge is 0.512 e. The molecule has 0 bridgehead atoms. The van der Waals surface area contributed by atoms with Crippen LogP contribution in [0.15, 0.2) is 48.4 Å². The van der Waals surface area contributed by atoms with Crippen LogP contribution in [0, 0.1) is 6.07 Å². The summed E-state index contributed by atoms with van der Waals surface area (Å²) >= 11 is 0. The van der Waals surface area contributed by atoms with E-state index in [1.165, 1.54) is 31.1 Å². The van der Waals surface area contributed by atoms with Crippen LogP contribution in [0.5, 0.6) is 0 Å². The summed E-state index contributed by atoms with van der Waals surface area (Å²) < 4.78 is 0. The fourth-order valence-corrected chi connectivity index (χ4v) is 3.23. The Balaban J connectivity index is 0.000000366. The Kier molecular flexibility index (Phi) is 7.13. The smallest absolute Gasteiger partial charge is 0.155 e. The Morgan fingerprint density at radius 3 is 2.19 bits per heavy atom. The van der Waals surface area contributed by atoms with Crippen LogP contribution in [0.1, 0.15) is 52.7 Å². The molecule has 1 heterocycles. The van der Waals surface area contributed by atoms with E-state index < -0.39 is 0 Å². The van der Waals surface area contributed by atoms with Crippen LogP contribution in [-0.2, 0) is 36.7 Å². The zero-order valence-electron chi connectivity index (χ0n) is 16.2. The van der Waals surface area contributed by atoms with Gasteiger partial charge in [-0.25, -0.2) is 0 Å². The zero-order chi connectivity index (χ0) is 18.8. The Morgan fingerprint density at radius 1 is 1.08 bits per heavy atom. The maximum Gasteiger partial charge on any atom is 0.155 e. The van der Waals surface area contributed by atoms with Gasteiger partial charge in [-0.15, -0.1) is 35.4 Å². The normalized spacial score (nSPS) is 16.2. The molecule has 0 saturated heterocycles. The van der Waals surface area contributed by atoms with Gasteiger partial charge in [-0.1, -0.05) is 39.3 Å². The molecule has 4 heteroatoms. The molecule has 0 aliphatic heterocycles. The number of benzene rings is 1. The van der Waals surface area contributed by atoms with E-state index in [1.807, 2.05) is 18.3 Å². The standard InChI is InChI=1S/C17H18N.C5H8O2.Pt/c1-16(2)13-9-6-5-8-12(13)15-14(17(16,3)4)10-7-11-18-15;1-4(6)3-5(2)7;/h5-7,9-11H,1-4H3;3,6H,1-2H3;/q-1;;. The van der Waals surface area contributed by atoms with E-state index in [0.717, 1.165) is 11.3 Å². The number of allylic oxidation sites excluding steroid dienone is 2. The van der Waals surface area contributed by atoms with E-state index in [2.05, 4.69) is 56.9 Å². The van der Waals surface area contributed by atoms with Crippen molar-refractivity contribution in [1.82, 2.24) is 4.98 Å². The quantitative estimate of drug-likeness (QED) is 0.315. The number of pyridine rings is 1. The molecule has 1 aromatic carbocycles. The number of nitrogens with zero attached hydrogens (tertiary/aromatic N) is 1. The van der Waals surface area contributed by atoms with Crippen LogP contribution in [0.25, 0.3) is 11.3 Å². The second kappa shape index (κ2) is 8.31. The van der Waals surface area contributed by atoms with Gasteiger partial charge >= 0.3 is 0 Å². The van der Waals surface area contributed by atoms with Crippen LogP contribution in [-0.4, -0.2) is 15.9 Å². The van der Waals surface area contributed by atoms with Crippen molar-refractivity contribution in [3.8, 4) is 11.3 Å². The van der Waals surface area contributed by atoms with Gasteiger partial charge in [0.2, 0.25) is 0 Å². The molecule has 0 saturated carbocycles. The minimum atomic E-state index is -0.125. The van der Waals surface area contributed by atoms with Crippen molar-refractivity contribution in [2.75, 3.05) is 0 Å². The summed E-state index contributed by atoms with van der Waals surface area (Å²) in [6.45, 7) is 12.1. The number of hydrogen-bond acceptors (Lipinski definition) is 3. The van der Waals surface area contributed by atoms with E-state index >= 15 is 0 Å². The minimum absolute atomic E-state index is 0. The molecular formula is C22H26NO2Pt-. The summed E-state index contributed by atoms with van der Waals surface area (Å²) in [5.74, 6) is -0.0625. The molecule has 1 aliphatic rings. The van der Waals surface area contributed by atoms with Gasteiger partial charge < -0.3 is 10.1 Å². The Labute approximate surface area is 170 Å². The Bertz CT molecular complexity index is 763. The summed E-state index contributed by atoms with van der Waals surface area (Å²) in [7, 11) is 0. The first-order valence-corrected chi connectivity index (χ1v) is 8.44. The summed E-state index contributed by atoms with van der Waals surface area (Å²) in [6.07, 6.45) is 3.04. The van der Waals surface area contributed by atoms with Crippen molar-refractivity contribution < 1.29 is 31.0 Å². The number of rotatable bonds is 1. The van der Waals surface area contributed by atoms with Crippen molar-refractivity contribution in [2.45, 2.75) is 52.4 Å². The van der Waals surface area contributed by atoms with Gasteiger partial charge in [0, 0.05) is 33.3 Å². The van der Waals surface area contributed by atoms with Gasteiger partial charge in [-0.2, -0.15) is 0 Å². The SMILES string of the molecule is CC(=O)C=C(C)O.CC1(C)c2ccc[c-]c2-c2ncccc2C1(C)C.[Pt]. The van der Waals surface area contributed by atoms with E-state index in [1.54, 1.807) is 0 Å². The first kappa shape index (κ1) is 22.3. The number of aliphatic hydroxyl groups is 1. The average molecular weight is 532 g/mol. The van der Waals surface area contributed by atoms with Crippen molar-refractivity contribution >= 4 is 5.78 Å². The number of hydrogen-bond donors (Lipinski definition) is 1. The first-order valence-electron chi connectivity index (χ1n) is 8.44. The molecule has 0 fully saturated rings. The Hall–Kier alpha value is -1.73. The molecule has 26 heavy (non-hydrogen) atoms. The predicted octanol–water partition coefficient (Wildman–Crippen LogP) is 5.15. The topological polar surface area (TPSA) is 50.2 Å². The summed E-state index contributed by atoms with van der Waals surface area (Å²) in [5.41, 5.74) is 5.08. The number of carbonyl (C=O) groups excluding carboxylic acids is 1. The number of carbonyl (C=O) groups is 1. The molecule has 0 radical (unpaired) electrons. The molecule has 2 aromatic rings. The summed E-state index contributed by atoms with van der Waals surface area (Å²) in [4.78, 5) is 14.6. The Morgan fingerprint density at radius 2 is 1.65 bits per heavy atom. The maximum absolute atomic E-state index is 10.0. The number of fused-ring (bicyclic) bond motifs is 3. The second-order valence-electron chi connectivity index (χ2n) is 7.50. The monoisotopic (exact) mass is 531 g/mol. The van der Waals surface area contributed by atoms with E-state index in [9.17, 15) is 4.79 Å². The molecule has 0 amide bonds. The van der Waals surface area contributed by atoms with Crippen LogP contribution in [0.3, 0.4) is 0 Å². The molecular weight excluding hydrogens is 505 g/mol. The molecule has 0 unspecified atom stereocenters. The fraction of sp³-hybridized carbons (Fsp3) is 0.364. The zero-order valence-corrected chi connectivity index (χ0v) is 18.4. The molecule has 0 atom stereocenters. The first-order chi connectivity index (χ1) is 11.6. The number of aliphatic hydroxyl groups excluding tert-OH is 1. The third kappa shape index (κ3) is 4.15. The molecule has 1 aliphatic carbocycles. The van der Waals surface area contributed by atoms with Gasteiger partial charge in [-0.3, -0.25) is 4.79 Å². The molecule has 1 N–H and O–H groups in total. The second-order valence-corrected chi connectivity index (χ2v) is 7.50. The fourth-order valence-electron chi connectivity index (χ4n) is 3.23. The van der Waals surface area contributed by atoms with E-state index in [-0.39, 0.29) is 43.4 Å². The van der Waals surface area contributed by atoms with Gasteiger partial charge in [-0.05, 0) is 36.4 Å². The number of aromatic nitrogens is 1. The summed E-state index contributed by atoms with van der Waals surface area (Å²) in [6, 6.07) is 13.9. The molecule has 0 spiro atoms. The van der Waals surface area contributed by atoms with Crippen molar-refractivity contribution in [2.24, 2.45) is 0 Å². The van der Waals surface area contributed by atoms with Gasteiger partial charge in [0.25, 0.3) is 0 Å². The van der Waals surface area contributed by atoms with Crippen LogP contribution >= 0.6 is 0 Å². The molecule has 142 valence electrons. The molecule has 3 nitrogen and oxygen atoms in total. The van der Waals surface area contributed by atoms with Gasteiger partial charge in [0.15, 0.2) is 5.78 Å². The molecule has 3 rings (SSSR count). The summed E-state index contributed by atoms with van der Waals surface area (Å²) in [5, 5.41) is 8.36. The van der Waals surface area contributed by atoms with Gasteiger partial charge in [0.1, 0.15) is 0 Å². The predicted molar refractivity (Wildman–Crippen MR) is 102 cm³/mol. The number of ketones is 1. The van der Waals surface area contributed by atoms with E-state index in [4.69, 9.17) is 5.11 Å². The average Bonchev–Trinajstić information content (AvgIpc) is 2.53. The molecule has 1 aromatic heterocycles. The third-order valence-corrected chi connectivity index (χ3v) is 5.22. The van der Waals surface area contributed by atoms with Crippen molar-refractivity contribution in [3.63, 3.8) is 0 Å². The third-order valence-electron chi connectivity index (χ3n) is 5.22. The van der Waals surface area contributed by atoms with Crippen LogP contribution < -0.4 is 0 Å². The van der Waals surface area contributed by atoms with Crippen molar-refractivity contribution in [1.29, 1.82) is 0 Å². The van der Waals surface area contributed by atoms with Gasteiger partial charge in [0.05, 0.1) is 5.76 Å².